The molecule has 98 valence electrons. The van der Waals surface area contributed by atoms with Crippen LogP contribution in [0.25, 0.3) is 5.76 Å². The van der Waals surface area contributed by atoms with E-state index in [4.69, 9.17) is 0 Å². The van der Waals surface area contributed by atoms with E-state index < -0.39 is 34.7 Å². The van der Waals surface area contributed by atoms with Gasteiger partial charge in [0.15, 0.2) is 11.6 Å². The van der Waals surface area contributed by atoms with Crippen molar-refractivity contribution in [2.75, 3.05) is 6.61 Å². The molecule has 19 heavy (non-hydrogen) atoms. The molecule has 0 saturated carbocycles. The molecule has 1 aromatic rings. The Bertz CT molecular complexity index is 520. The van der Waals surface area contributed by atoms with Crippen LogP contribution in [0.4, 0.5) is 8.78 Å². The van der Waals surface area contributed by atoms with Crippen molar-refractivity contribution in [3.8, 4) is 0 Å². The zero-order valence-electron chi connectivity index (χ0n) is 11.4. The summed E-state index contributed by atoms with van der Waals surface area (Å²) in [4.78, 5) is 22.2. The first-order valence-corrected chi connectivity index (χ1v) is 5.03. The molecule has 1 aromatic carbocycles. The van der Waals surface area contributed by atoms with Crippen LogP contribution in [0.2, 0.25) is 0 Å². The van der Waals surface area contributed by atoms with Gasteiger partial charge in [-0.1, -0.05) is 6.07 Å². The van der Waals surface area contributed by atoms with Crippen molar-refractivity contribution in [2.24, 2.45) is 0 Å². The normalized spacial score (nSPS) is 10.6. The molecule has 0 aliphatic carbocycles. The van der Waals surface area contributed by atoms with Crippen molar-refractivity contribution in [1.29, 1.82) is 0 Å². The molecule has 0 spiro atoms. The Morgan fingerprint density at radius 3 is 2.63 bits per heavy atom. The molecule has 1 rings (SSSR count). The fourth-order valence-electron chi connectivity index (χ4n) is 1.16. The number of esters is 1. The monoisotopic (exact) mass is 264 g/mol. The van der Waals surface area contributed by atoms with E-state index in [0.29, 0.717) is 6.08 Å². The van der Waals surface area contributed by atoms with Crippen molar-refractivity contribution in [1.82, 2.24) is 0 Å². The average molecular weight is 264 g/mol. The van der Waals surface area contributed by atoms with Gasteiger partial charge >= 0.3 is 24.8 Å². The number of aliphatic hydroxyl groups excluding tert-OH is 1. The fourth-order valence-corrected chi connectivity index (χ4v) is 1.16. The molecule has 0 heterocycles. The van der Waals surface area contributed by atoms with E-state index >= 15 is 0 Å². The third kappa shape index (κ3) is 4.51. The van der Waals surface area contributed by atoms with Gasteiger partial charge in [-0.25, -0.2) is 13.6 Å². The Hall–Kier alpha value is -1.64. The van der Waals surface area contributed by atoms with E-state index in [1.807, 2.05) is 0 Å². The zero-order valence-corrected chi connectivity index (χ0v) is 10.4. The number of ketones is 1. The second kappa shape index (κ2) is 7.72. The number of carbonyl (C=O) groups excluding carboxylic acids is 2. The minimum absolute atomic E-state index is 0. The first kappa shape index (κ1) is 17.4. The molecular formula is C12H11F2LiO4. The SMILES string of the molecule is CCOC(=O)C(=O)C=C(O)c1cccc(F)c1F.[H-].[Li+]. The third-order valence-corrected chi connectivity index (χ3v) is 1.97. The standard InChI is InChI=1S/C12H10F2O4.Li.H/c1-2-18-12(17)10(16)6-9(15)7-4-3-5-8(13)11(7)14;;/h3-6,15H,2H2,1H3;;/q;+1;-1. The van der Waals surface area contributed by atoms with Crippen molar-refractivity contribution < 1.29 is 48.5 Å². The van der Waals surface area contributed by atoms with Gasteiger partial charge in [-0.05, 0) is 19.1 Å². The summed E-state index contributed by atoms with van der Waals surface area (Å²) in [5.74, 6) is -5.65. The summed E-state index contributed by atoms with van der Waals surface area (Å²) in [7, 11) is 0. The summed E-state index contributed by atoms with van der Waals surface area (Å²) in [6.07, 6.45) is 0.482. The predicted molar refractivity (Wildman–Crippen MR) is 59.7 cm³/mol. The Labute approximate surface area is 121 Å². The molecule has 0 aliphatic heterocycles. The number of ether oxygens (including phenoxy) is 1. The molecule has 1 N–H and O–H groups in total. The summed E-state index contributed by atoms with van der Waals surface area (Å²) >= 11 is 0. The molecule has 0 bridgehead atoms. The topological polar surface area (TPSA) is 63.6 Å². The van der Waals surface area contributed by atoms with Gasteiger partial charge in [0.2, 0.25) is 0 Å². The van der Waals surface area contributed by atoms with E-state index in [2.05, 4.69) is 4.74 Å². The van der Waals surface area contributed by atoms with Crippen molar-refractivity contribution in [2.45, 2.75) is 6.92 Å². The van der Waals surface area contributed by atoms with Crippen LogP contribution in [0.1, 0.15) is 13.9 Å². The van der Waals surface area contributed by atoms with E-state index in [1.165, 1.54) is 6.92 Å². The number of hydrogen-bond acceptors (Lipinski definition) is 4. The predicted octanol–water partition coefficient (Wildman–Crippen LogP) is -0.888. The zero-order chi connectivity index (χ0) is 13.7. The first-order valence-electron chi connectivity index (χ1n) is 5.03. The van der Waals surface area contributed by atoms with Crippen molar-refractivity contribution in [3.05, 3.63) is 41.5 Å². The number of carbonyl (C=O) groups is 2. The van der Waals surface area contributed by atoms with Gasteiger partial charge in [-0.3, -0.25) is 4.79 Å². The van der Waals surface area contributed by atoms with Gasteiger partial charge in [0.25, 0.3) is 5.78 Å². The van der Waals surface area contributed by atoms with Gasteiger partial charge in [0.1, 0.15) is 5.76 Å². The number of rotatable bonds is 4. The third-order valence-electron chi connectivity index (χ3n) is 1.97. The van der Waals surface area contributed by atoms with Crippen LogP contribution in [0.5, 0.6) is 0 Å². The van der Waals surface area contributed by atoms with Crippen LogP contribution >= 0.6 is 0 Å². The quantitative estimate of drug-likeness (QED) is 0.252. The molecule has 7 heteroatoms. The van der Waals surface area contributed by atoms with Gasteiger partial charge in [0.05, 0.1) is 12.2 Å². The molecule has 0 radical (unpaired) electrons. The van der Waals surface area contributed by atoms with Crippen LogP contribution in [0.15, 0.2) is 24.3 Å². The largest absolute Gasteiger partial charge is 1.00 e. The Morgan fingerprint density at radius 1 is 1.42 bits per heavy atom. The second-order valence-corrected chi connectivity index (χ2v) is 3.22. The van der Waals surface area contributed by atoms with Gasteiger partial charge in [0, 0.05) is 6.08 Å². The summed E-state index contributed by atoms with van der Waals surface area (Å²) in [5, 5.41) is 9.44. The van der Waals surface area contributed by atoms with Crippen LogP contribution in [0.3, 0.4) is 0 Å². The Balaban J connectivity index is 0. The fraction of sp³-hybridized carbons (Fsp3) is 0.167. The molecule has 0 fully saturated rings. The minimum atomic E-state index is -1.30. The summed E-state index contributed by atoms with van der Waals surface area (Å²) < 4.78 is 30.5. The number of hydrogen-bond donors (Lipinski definition) is 1. The van der Waals surface area contributed by atoms with E-state index in [1.54, 1.807) is 0 Å². The van der Waals surface area contributed by atoms with E-state index in [0.717, 1.165) is 18.2 Å². The van der Waals surface area contributed by atoms with Gasteiger partial charge < -0.3 is 11.3 Å². The van der Waals surface area contributed by atoms with Crippen LogP contribution in [0, 0.1) is 11.6 Å². The Morgan fingerprint density at radius 2 is 2.05 bits per heavy atom. The van der Waals surface area contributed by atoms with Gasteiger partial charge in [-0.2, -0.15) is 0 Å². The minimum Gasteiger partial charge on any atom is -1.00 e. The molecule has 0 amide bonds. The van der Waals surface area contributed by atoms with Crippen molar-refractivity contribution in [3.63, 3.8) is 0 Å². The summed E-state index contributed by atoms with van der Waals surface area (Å²) in [6, 6.07) is 3.09. The molecule has 0 saturated heterocycles. The van der Waals surface area contributed by atoms with E-state index in [-0.39, 0.29) is 26.9 Å². The van der Waals surface area contributed by atoms with Crippen molar-refractivity contribution >= 4 is 17.5 Å². The molecule has 0 aliphatic rings. The molecule has 0 unspecified atom stereocenters. The average Bonchev–Trinajstić information content (AvgIpc) is 2.32. The summed E-state index contributed by atoms with van der Waals surface area (Å²) in [5.41, 5.74) is -0.507. The number of aliphatic hydroxyl groups is 1. The van der Waals surface area contributed by atoms with E-state index in [9.17, 15) is 23.5 Å². The van der Waals surface area contributed by atoms with Gasteiger partial charge in [-0.15, -0.1) is 0 Å². The first-order chi connectivity index (χ1) is 8.47. The maximum absolute atomic E-state index is 13.2. The molecule has 0 aromatic heterocycles. The van der Waals surface area contributed by atoms with Crippen LogP contribution in [-0.2, 0) is 14.3 Å². The molecule has 4 nitrogen and oxygen atoms in total. The number of benzene rings is 1. The Kier molecular flexibility index (Phi) is 7.05. The molecule has 0 atom stereocenters. The maximum atomic E-state index is 13.2. The van der Waals surface area contributed by atoms with Crippen LogP contribution in [-0.4, -0.2) is 23.5 Å². The smallest absolute Gasteiger partial charge is 1.00 e. The maximum Gasteiger partial charge on any atom is 1.00 e. The molecular weight excluding hydrogens is 253 g/mol. The second-order valence-electron chi connectivity index (χ2n) is 3.22. The number of halogens is 2. The van der Waals surface area contributed by atoms with Crippen LogP contribution < -0.4 is 18.9 Å². The summed E-state index contributed by atoms with van der Waals surface area (Å²) in [6.45, 7) is 1.49.